The second-order valence-electron chi connectivity index (χ2n) is 8.61. The number of anilines is 1. The lowest BCUT2D eigenvalue weighted by Gasteiger charge is -2.24. The van der Waals surface area contributed by atoms with Crippen molar-refractivity contribution in [3.05, 3.63) is 47.8 Å². The van der Waals surface area contributed by atoms with Gasteiger partial charge >= 0.3 is 6.03 Å². The Labute approximate surface area is 176 Å². The number of carbonyl (C=O) groups excluding carboxylic acids is 2. The number of hydrogen-bond acceptors (Lipinski definition) is 5. The molecule has 160 valence electrons. The smallest absolute Gasteiger partial charge is 0.344 e. The summed E-state index contributed by atoms with van der Waals surface area (Å²) >= 11 is 0. The molecule has 1 spiro atoms. The van der Waals surface area contributed by atoms with Gasteiger partial charge in [-0.25, -0.2) is 4.79 Å². The van der Waals surface area contributed by atoms with Crippen molar-refractivity contribution in [2.45, 2.75) is 32.9 Å². The maximum Gasteiger partial charge on any atom is 0.344 e. The summed E-state index contributed by atoms with van der Waals surface area (Å²) in [6.45, 7) is 5.92. The van der Waals surface area contributed by atoms with Gasteiger partial charge in [-0.15, -0.1) is 0 Å². The molecule has 0 radical (unpaired) electrons. The van der Waals surface area contributed by atoms with E-state index in [1.54, 1.807) is 19.4 Å². The van der Waals surface area contributed by atoms with Crippen LogP contribution < -0.4 is 4.90 Å². The Kier molecular flexibility index (Phi) is 5.62. The first-order chi connectivity index (χ1) is 14.4. The molecule has 8 nitrogen and oxygen atoms in total. The van der Waals surface area contributed by atoms with Crippen molar-refractivity contribution in [2.24, 2.45) is 5.41 Å². The molecular formula is C22H29N5O3. The molecular weight excluding hydrogens is 382 g/mol. The Morgan fingerprint density at radius 1 is 1.13 bits per heavy atom. The SMILES string of the molecule is CC(=O)N(C)c1cnn(C(=O)N2CCC3(CCN(Cc4ccc(CO)cc4)C3)C2)c1. The van der Waals surface area contributed by atoms with Crippen LogP contribution in [0.1, 0.15) is 30.9 Å². The molecule has 0 bridgehead atoms. The number of rotatable bonds is 4. The van der Waals surface area contributed by atoms with Crippen LogP contribution in [0.5, 0.6) is 0 Å². The van der Waals surface area contributed by atoms with Gasteiger partial charge in [0.25, 0.3) is 0 Å². The van der Waals surface area contributed by atoms with Crippen molar-refractivity contribution >= 4 is 17.6 Å². The first-order valence-electron chi connectivity index (χ1n) is 10.4. The van der Waals surface area contributed by atoms with E-state index >= 15 is 0 Å². The van der Waals surface area contributed by atoms with Gasteiger partial charge in [-0.1, -0.05) is 24.3 Å². The van der Waals surface area contributed by atoms with Gasteiger partial charge < -0.3 is 14.9 Å². The van der Waals surface area contributed by atoms with Crippen LogP contribution >= 0.6 is 0 Å². The lowest BCUT2D eigenvalue weighted by Crippen LogP contribution is -2.36. The van der Waals surface area contributed by atoms with E-state index in [2.05, 4.69) is 22.1 Å². The molecule has 2 aliphatic heterocycles. The number of benzene rings is 1. The molecule has 0 aliphatic carbocycles. The lowest BCUT2D eigenvalue weighted by molar-refractivity contribution is -0.116. The molecule has 2 aromatic rings. The molecule has 1 N–H and O–H groups in total. The average Bonchev–Trinajstić information content (AvgIpc) is 3.48. The monoisotopic (exact) mass is 411 g/mol. The fourth-order valence-corrected chi connectivity index (χ4v) is 4.52. The number of aliphatic hydroxyl groups excluding tert-OH is 1. The number of nitrogens with zero attached hydrogens (tertiary/aromatic N) is 5. The van der Waals surface area contributed by atoms with Crippen molar-refractivity contribution in [3.8, 4) is 0 Å². The van der Waals surface area contributed by atoms with E-state index in [4.69, 9.17) is 0 Å². The molecule has 2 amide bonds. The number of aliphatic hydroxyl groups is 1. The van der Waals surface area contributed by atoms with E-state index in [0.717, 1.165) is 51.1 Å². The summed E-state index contributed by atoms with van der Waals surface area (Å²) in [4.78, 5) is 30.2. The van der Waals surface area contributed by atoms with Crippen molar-refractivity contribution in [1.29, 1.82) is 0 Å². The van der Waals surface area contributed by atoms with Crippen LogP contribution in [0.25, 0.3) is 0 Å². The van der Waals surface area contributed by atoms with Crippen molar-refractivity contribution in [1.82, 2.24) is 19.6 Å². The topological polar surface area (TPSA) is 81.9 Å². The van der Waals surface area contributed by atoms with Gasteiger partial charge in [0.1, 0.15) is 0 Å². The van der Waals surface area contributed by atoms with Gasteiger partial charge in [0.15, 0.2) is 0 Å². The summed E-state index contributed by atoms with van der Waals surface area (Å²) in [5.74, 6) is -0.0980. The van der Waals surface area contributed by atoms with Crippen LogP contribution in [-0.4, -0.2) is 69.9 Å². The van der Waals surface area contributed by atoms with Gasteiger partial charge in [-0.05, 0) is 30.5 Å². The molecule has 8 heteroatoms. The highest BCUT2D eigenvalue weighted by molar-refractivity contribution is 5.91. The van der Waals surface area contributed by atoms with E-state index in [1.807, 2.05) is 17.0 Å². The molecule has 4 rings (SSSR count). The van der Waals surface area contributed by atoms with Crippen LogP contribution in [0.15, 0.2) is 36.7 Å². The van der Waals surface area contributed by atoms with Gasteiger partial charge in [0.05, 0.1) is 24.7 Å². The van der Waals surface area contributed by atoms with E-state index < -0.39 is 0 Å². The van der Waals surface area contributed by atoms with E-state index in [9.17, 15) is 14.7 Å². The molecule has 2 saturated heterocycles. The van der Waals surface area contributed by atoms with Crippen molar-refractivity contribution in [3.63, 3.8) is 0 Å². The van der Waals surface area contributed by atoms with E-state index in [0.29, 0.717) is 5.69 Å². The molecule has 1 atom stereocenters. The van der Waals surface area contributed by atoms with Crippen LogP contribution in [0.2, 0.25) is 0 Å². The summed E-state index contributed by atoms with van der Waals surface area (Å²) in [5.41, 5.74) is 2.93. The third kappa shape index (κ3) is 4.11. The zero-order valence-electron chi connectivity index (χ0n) is 17.6. The maximum atomic E-state index is 12.9. The highest BCUT2D eigenvalue weighted by Crippen LogP contribution is 2.40. The molecule has 30 heavy (non-hydrogen) atoms. The molecule has 2 fully saturated rings. The third-order valence-corrected chi connectivity index (χ3v) is 6.46. The largest absolute Gasteiger partial charge is 0.392 e. The molecule has 2 aliphatic rings. The molecule has 1 aromatic carbocycles. The van der Waals surface area contributed by atoms with Crippen LogP contribution in [0, 0.1) is 5.41 Å². The number of likely N-dealkylation sites (tertiary alicyclic amines) is 2. The first kappa shape index (κ1) is 20.6. The predicted molar refractivity (Wildman–Crippen MR) is 113 cm³/mol. The summed E-state index contributed by atoms with van der Waals surface area (Å²) in [5, 5.41) is 13.4. The molecule has 3 heterocycles. The van der Waals surface area contributed by atoms with Gasteiger partial charge in [-0.3, -0.25) is 9.69 Å². The molecule has 1 unspecified atom stereocenters. The Bertz CT molecular complexity index is 925. The van der Waals surface area contributed by atoms with E-state index in [-0.39, 0.29) is 24.0 Å². The quantitative estimate of drug-likeness (QED) is 0.831. The number of carbonyl (C=O) groups is 2. The van der Waals surface area contributed by atoms with Gasteiger partial charge in [-0.2, -0.15) is 9.78 Å². The van der Waals surface area contributed by atoms with Crippen LogP contribution in [-0.2, 0) is 17.9 Å². The molecule has 0 saturated carbocycles. The summed E-state index contributed by atoms with van der Waals surface area (Å²) < 4.78 is 1.34. The fourth-order valence-electron chi connectivity index (χ4n) is 4.52. The normalized spacial score (nSPS) is 21.5. The van der Waals surface area contributed by atoms with Crippen LogP contribution in [0.4, 0.5) is 10.5 Å². The minimum absolute atomic E-state index is 0.0692. The number of aromatic nitrogens is 2. The standard InChI is InChI=1S/C22H29N5O3/c1-17(29)24(2)20-11-23-27(13-20)21(30)26-10-8-22(16-26)7-9-25(15-22)12-18-3-5-19(14-28)6-4-18/h3-6,11,13,28H,7-10,12,14-16H2,1-2H3. The molecule has 1 aromatic heterocycles. The summed E-state index contributed by atoms with van der Waals surface area (Å²) in [6, 6.07) is 7.97. The van der Waals surface area contributed by atoms with Crippen molar-refractivity contribution in [2.75, 3.05) is 38.1 Å². The Morgan fingerprint density at radius 3 is 2.53 bits per heavy atom. The Balaban J connectivity index is 1.35. The van der Waals surface area contributed by atoms with E-state index in [1.165, 1.54) is 22.1 Å². The first-order valence-corrected chi connectivity index (χ1v) is 10.4. The van der Waals surface area contributed by atoms with Crippen molar-refractivity contribution < 1.29 is 14.7 Å². The fraction of sp³-hybridized carbons (Fsp3) is 0.500. The van der Waals surface area contributed by atoms with Gasteiger partial charge in [0.2, 0.25) is 5.91 Å². The summed E-state index contributed by atoms with van der Waals surface area (Å²) in [7, 11) is 1.67. The predicted octanol–water partition coefficient (Wildman–Crippen LogP) is 1.92. The highest BCUT2D eigenvalue weighted by atomic mass is 16.3. The Hall–Kier alpha value is -2.71. The number of hydrogen-bond donors (Lipinski definition) is 1. The number of amides is 2. The zero-order chi connectivity index (χ0) is 21.3. The third-order valence-electron chi connectivity index (χ3n) is 6.46. The lowest BCUT2D eigenvalue weighted by atomic mass is 9.86. The minimum atomic E-state index is -0.131. The van der Waals surface area contributed by atoms with Gasteiger partial charge in [0, 0.05) is 45.6 Å². The zero-order valence-corrected chi connectivity index (χ0v) is 17.6. The average molecular weight is 412 g/mol. The minimum Gasteiger partial charge on any atom is -0.392 e. The Morgan fingerprint density at radius 2 is 1.83 bits per heavy atom. The maximum absolute atomic E-state index is 12.9. The van der Waals surface area contributed by atoms with Crippen LogP contribution in [0.3, 0.4) is 0 Å². The second-order valence-corrected chi connectivity index (χ2v) is 8.61. The highest BCUT2D eigenvalue weighted by Gasteiger charge is 2.45. The summed E-state index contributed by atoms with van der Waals surface area (Å²) in [6.07, 6.45) is 5.25. The second kappa shape index (κ2) is 8.20.